The molecule has 106 valence electrons. The van der Waals surface area contributed by atoms with Crippen molar-refractivity contribution < 1.29 is 14.3 Å². The predicted molar refractivity (Wildman–Crippen MR) is 75.9 cm³/mol. The number of para-hydroxylation sites is 1. The Morgan fingerprint density at radius 2 is 2.05 bits per heavy atom. The Morgan fingerprint density at radius 3 is 2.70 bits per heavy atom. The lowest BCUT2D eigenvalue weighted by atomic mass is 10.1. The van der Waals surface area contributed by atoms with Gasteiger partial charge in [-0.1, -0.05) is 18.2 Å². The van der Waals surface area contributed by atoms with E-state index in [2.05, 4.69) is 0 Å². The highest BCUT2D eigenvalue weighted by Gasteiger charge is 2.22. The predicted octanol–water partition coefficient (Wildman–Crippen LogP) is 1.56. The number of benzene rings is 1. The molecule has 0 radical (unpaired) electrons. The van der Waals surface area contributed by atoms with Gasteiger partial charge in [0.1, 0.15) is 11.1 Å². The van der Waals surface area contributed by atoms with Gasteiger partial charge in [0, 0.05) is 18.5 Å². The molecule has 2 aromatic rings. The fraction of sp³-hybridized carbons (Fsp3) is 0.333. The average Bonchev–Trinajstić information content (AvgIpc) is 2.44. The van der Waals surface area contributed by atoms with Crippen molar-refractivity contribution in [3.8, 4) is 0 Å². The van der Waals surface area contributed by atoms with Crippen LogP contribution in [0.15, 0.2) is 33.5 Å². The number of aliphatic hydroxyl groups excluding tert-OH is 1. The van der Waals surface area contributed by atoms with Crippen LogP contribution in [0.1, 0.15) is 22.8 Å². The van der Waals surface area contributed by atoms with Crippen LogP contribution in [0.3, 0.4) is 0 Å². The normalized spacial score (nSPS) is 10.8. The van der Waals surface area contributed by atoms with Crippen molar-refractivity contribution in [3.63, 3.8) is 0 Å². The molecule has 2 rings (SSSR count). The number of likely N-dealkylation sites (N-methyl/N-ethyl adjacent to an activating group) is 1. The summed E-state index contributed by atoms with van der Waals surface area (Å²) in [5.41, 5.74) is 0.483. The van der Waals surface area contributed by atoms with E-state index in [9.17, 15) is 9.59 Å². The Bertz CT molecular complexity index is 690. The molecule has 0 saturated heterocycles. The van der Waals surface area contributed by atoms with Gasteiger partial charge in [-0.2, -0.15) is 0 Å². The highest BCUT2D eigenvalue weighted by Crippen LogP contribution is 2.19. The minimum absolute atomic E-state index is 0.0407. The second-order valence-corrected chi connectivity index (χ2v) is 4.49. The van der Waals surface area contributed by atoms with Crippen molar-refractivity contribution in [2.24, 2.45) is 0 Å². The third kappa shape index (κ3) is 2.44. The van der Waals surface area contributed by atoms with Crippen molar-refractivity contribution in [2.45, 2.75) is 13.8 Å². The molecule has 1 aromatic carbocycles. The van der Waals surface area contributed by atoms with Crippen molar-refractivity contribution in [1.29, 1.82) is 0 Å². The number of hydrogen-bond donors (Lipinski definition) is 1. The number of rotatable bonds is 4. The largest absolute Gasteiger partial charge is 0.422 e. The summed E-state index contributed by atoms with van der Waals surface area (Å²) in [6.45, 7) is 4.01. The molecule has 5 heteroatoms. The van der Waals surface area contributed by atoms with Gasteiger partial charge < -0.3 is 14.4 Å². The standard InChI is InChI=1S/C15H17NO4/c1-3-16(8-9-17)14(18)13-10(2)11-6-4-5-7-12(11)20-15(13)19/h4-7,17H,3,8-9H2,1-2H3. The van der Waals surface area contributed by atoms with Crippen molar-refractivity contribution in [2.75, 3.05) is 19.7 Å². The SMILES string of the molecule is CCN(CCO)C(=O)c1c(C)c2ccccc2oc1=O. The number of aryl methyl sites for hydroxylation is 1. The first kappa shape index (κ1) is 14.3. The molecule has 0 aliphatic heterocycles. The molecule has 1 aromatic heterocycles. The lowest BCUT2D eigenvalue weighted by Gasteiger charge is -2.20. The Hall–Kier alpha value is -2.14. The summed E-state index contributed by atoms with van der Waals surface area (Å²) in [5.74, 6) is -0.404. The molecule has 0 saturated carbocycles. The smallest absolute Gasteiger partial charge is 0.349 e. The van der Waals surface area contributed by atoms with Gasteiger partial charge in [0.05, 0.1) is 6.61 Å². The van der Waals surface area contributed by atoms with E-state index in [1.54, 1.807) is 26.0 Å². The maximum atomic E-state index is 12.4. The molecule has 0 fully saturated rings. The first-order valence-corrected chi connectivity index (χ1v) is 6.52. The number of carbonyl (C=O) groups excluding carboxylic acids is 1. The molecular formula is C15H17NO4. The molecule has 20 heavy (non-hydrogen) atoms. The van der Waals surface area contributed by atoms with Crippen LogP contribution in [0.2, 0.25) is 0 Å². The third-order valence-electron chi connectivity index (χ3n) is 3.33. The third-order valence-corrected chi connectivity index (χ3v) is 3.33. The topological polar surface area (TPSA) is 70.8 Å². The molecule has 0 bridgehead atoms. The first-order chi connectivity index (χ1) is 9.60. The van der Waals surface area contributed by atoms with E-state index in [0.717, 1.165) is 5.39 Å². The molecule has 5 nitrogen and oxygen atoms in total. The van der Waals surface area contributed by atoms with Crippen molar-refractivity contribution in [3.05, 3.63) is 45.8 Å². The summed E-state index contributed by atoms with van der Waals surface area (Å²) in [5, 5.41) is 9.72. The monoisotopic (exact) mass is 275 g/mol. The molecule has 0 aliphatic carbocycles. The van der Waals surface area contributed by atoms with Gasteiger partial charge in [0.15, 0.2) is 0 Å². The van der Waals surface area contributed by atoms with E-state index in [1.165, 1.54) is 4.90 Å². The van der Waals surface area contributed by atoms with Crippen LogP contribution in [0, 0.1) is 6.92 Å². The second kappa shape index (κ2) is 5.88. The van der Waals surface area contributed by atoms with Gasteiger partial charge in [-0.25, -0.2) is 4.79 Å². The molecule has 0 spiro atoms. The Balaban J connectivity index is 2.59. The lowest BCUT2D eigenvalue weighted by Crippen LogP contribution is -2.36. The van der Waals surface area contributed by atoms with Crippen molar-refractivity contribution >= 4 is 16.9 Å². The average molecular weight is 275 g/mol. The van der Waals surface area contributed by atoms with Gasteiger partial charge in [0.25, 0.3) is 5.91 Å². The van der Waals surface area contributed by atoms with E-state index >= 15 is 0 Å². The molecule has 0 atom stereocenters. The highest BCUT2D eigenvalue weighted by molar-refractivity contribution is 5.99. The number of fused-ring (bicyclic) bond motifs is 1. The van der Waals surface area contributed by atoms with Crippen LogP contribution >= 0.6 is 0 Å². The maximum Gasteiger partial charge on any atom is 0.349 e. The molecule has 0 aliphatic rings. The fourth-order valence-electron chi connectivity index (χ4n) is 2.23. The molecule has 1 heterocycles. The van der Waals surface area contributed by atoms with Gasteiger partial charge in [0.2, 0.25) is 0 Å². The minimum Gasteiger partial charge on any atom is -0.422 e. The van der Waals surface area contributed by atoms with Crippen LogP contribution in [0.25, 0.3) is 11.0 Å². The second-order valence-electron chi connectivity index (χ2n) is 4.49. The number of aliphatic hydroxyl groups is 1. The van der Waals surface area contributed by atoms with Gasteiger partial charge in [-0.3, -0.25) is 4.79 Å². The van der Waals surface area contributed by atoms with Gasteiger partial charge in [-0.05, 0) is 25.5 Å². The number of nitrogens with zero attached hydrogens (tertiary/aromatic N) is 1. The zero-order chi connectivity index (χ0) is 14.7. The summed E-state index contributed by atoms with van der Waals surface area (Å²) in [6, 6.07) is 7.11. The van der Waals surface area contributed by atoms with Crippen LogP contribution < -0.4 is 5.63 Å². The summed E-state index contributed by atoms with van der Waals surface area (Å²) < 4.78 is 5.20. The zero-order valence-electron chi connectivity index (χ0n) is 11.5. The lowest BCUT2D eigenvalue weighted by molar-refractivity contribution is 0.0727. The van der Waals surface area contributed by atoms with Crippen molar-refractivity contribution in [1.82, 2.24) is 4.90 Å². The minimum atomic E-state index is -0.636. The van der Waals surface area contributed by atoms with E-state index in [1.807, 2.05) is 12.1 Å². The highest BCUT2D eigenvalue weighted by atomic mass is 16.4. The molecule has 1 amide bonds. The summed E-state index contributed by atoms with van der Waals surface area (Å²) in [6.07, 6.45) is 0. The van der Waals surface area contributed by atoms with E-state index in [4.69, 9.17) is 9.52 Å². The van der Waals surface area contributed by atoms with E-state index in [0.29, 0.717) is 17.7 Å². The van der Waals surface area contributed by atoms with Crippen LogP contribution in [-0.2, 0) is 0 Å². The number of hydrogen-bond acceptors (Lipinski definition) is 4. The molecule has 0 unspecified atom stereocenters. The Labute approximate surface area is 116 Å². The van der Waals surface area contributed by atoms with E-state index in [-0.39, 0.29) is 18.7 Å². The van der Waals surface area contributed by atoms with E-state index < -0.39 is 11.5 Å². The fourth-order valence-corrected chi connectivity index (χ4v) is 2.23. The Kier molecular flexibility index (Phi) is 4.20. The quantitative estimate of drug-likeness (QED) is 0.859. The van der Waals surface area contributed by atoms with Crippen LogP contribution in [-0.4, -0.2) is 35.6 Å². The van der Waals surface area contributed by atoms with Crippen LogP contribution in [0.4, 0.5) is 0 Å². The van der Waals surface area contributed by atoms with Gasteiger partial charge >= 0.3 is 5.63 Å². The number of carbonyl (C=O) groups is 1. The van der Waals surface area contributed by atoms with Crippen LogP contribution in [0.5, 0.6) is 0 Å². The summed E-state index contributed by atoms with van der Waals surface area (Å²) in [4.78, 5) is 25.9. The first-order valence-electron chi connectivity index (χ1n) is 6.52. The zero-order valence-corrected chi connectivity index (χ0v) is 11.5. The Morgan fingerprint density at radius 1 is 1.35 bits per heavy atom. The number of amides is 1. The van der Waals surface area contributed by atoms with Gasteiger partial charge in [-0.15, -0.1) is 0 Å². The molecule has 1 N–H and O–H groups in total. The maximum absolute atomic E-state index is 12.4. The summed E-state index contributed by atoms with van der Waals surface area (Å²) >= 11 is 0. The molecular weight excluding hydrogens is 258 g/mol. The summed E-state index contributed by atoms with van der Waals surface area (Å²) in [7, 11) is 0.